The van der Waals surface area contributed by atoms with Crippen LogP contribution in [0, 0.1) is 0 Å². The van der Waals surface area contributed by atoms with E-state index in [1.54, 1.807) is 6.20 Å². The Kier molecular flexibility index (Phi) is 3.31. The topological polar surface area (TPSA) is 120 Å². The fraction of sp³-hybridized carbons (Fsp3) is 0. The van der Waals surface area contributed by atoms with Crippen LogP contribution in [-0.4, -0.2) is 34.7 Å². The predicted octanol–water partition coefficient (Wildman–Crippen LogP) is 0.346. The Morgan fingerprint density at radius 1 is 1.32 bits per heavy atom. The first-order valence-electron chi connectivity index (χ1n) is 5.00. The average molecular weight is 293 g/mol. The van der Waals surface area contributed by atoms with Gasteiger partial charge in [0.15, 0.2) is 4.34 Å². The zero-order valence-electron chi connectivity index (χ0n) is 9.33. The van der Waals surface area contributed by atoms with E-state index >= 15 is 0 Å². The maximum absolute atomic E-state index is 5.34. The SMILES string of the molecule is NNc1nc(Sc2nccs2)nc(-n2cncn2)n1. The molecular formula is C8H7N9S2. The third-order valence-electron chi connectivity index (χ3n) is 1.94. The number of nitrogens with one attached hydrogen (secondary N) is 1. The Morgan fingerprint density at radius 3 is 2.95 bits per heavy atom. The summed E-state index contributed by atoms with van der Waals surface area (Å²) >= 11 is 2.82. The minimum Gasteiger partial charge on any atom is -0.292 e. The molecule has 0 radical (unpaired) electrons. The fourth-order valence-electron chi connectivity index (χ4n) is 1.21. The van der Waals surface area contributed by atoms with Crippen LogP contribution in [0.25, 0.3) is 5.95 Å². The molecule has 0 bridgehead atoms. The second-order valence-electron chi connectivity index (χ2n) is 3.13. The Hall–Kier alpha value is -2.11. The van der Waals surface area contributed by atoms with Crippen molar-refractivity contribution < 1.29 is 0 Å². The number of hydrogen-bond acceptors (Lipinski definition) is 10. The second kappa shape index (κ2) is 5.26. The number of nitrogens with zero attached hydrogens (tertiary/aromatic N) is 7. The van der Waals surface area contributed by atoms with E-state index in [-0.39, 0.29) is 5.95 Å². The van der Waals surface area contributed by atoms with E-state index in [1.165, 1.54) is 40.4 Å². The zero-order valence-corrected chi connectivity index (χ0v) is 11.0. The van der Waals surface area contributed by atoms with E-state index in [2.05, 4.69) is 35.4 Å². The van der Waals surface area contributed by atoms with Gasteiger partial charge in [0, 0.05) is 11.6 Å². The molecule has 0 unspecified atom stereocenters. The van der Waals surface area contributed by atoms with E-state index in [4.69, 9.17) is 5.84 Å². The molecule has 0 saturated carbocycles. The van der Waals surface area contributed by atoms with Crippen LogP contribution >= 0.6 is 23.1 Å². The lowest BCUT2D eigenvalue weighted by molar-refractivity contribution is 0.759. The van der Waals surface area contributed by atoms with E-state index in [9.17, 15) is 0 Å². The molecule has 3 aromatic rings. The van der Waals surface area contributed by atoms with Crippen molar-refractivity contribution in [3.8, 4) is 5.95 Å². The highest BCUT2D eigenvalue weighted by atomic mass is 32.2. The summed E-state index contributed by atoms with van der Waals surface area (Å²) in [6.45, 7) is 0. The molecule has 3 heterocycles. The molecule has 96 valence electrons. The number of hydrogen-bond donors (Lipinski definition) is 2. The van der Waals surface area contributed by atoms with E-state index in [1.807, 2.05) is 5.38 Å². The molecule has 3 rings (SSSR count). The number of anilines is 1. The predicted molar refractivity (Wildman–Crippen MR) is 68.8 cm³/mol. The summed E-state index contributed by atoms with van der Waals surface area (Å²) in [6.07, 6.45) is 4.61. The number of aromatic nitrogens is 7. The quantitative estimate of drug-likeness (QED) is 0.518. The van der Waals surface area contributed by atoms with Crippen molar-refractivity contribution >= 4 is 29.0 Å². The van der Waals surface area contributed by atoms with Gasteiger partial charge >= 0.3 is 0 Å². The van der Waals surface area contributed by atoms with Crippen molar-refractivity contribution in [3.63, 3.8) is 0 Å². The van der Waals surface area contributed by atoms with Gasteiger partial charge < -0.3 is 0 Å². The first-order valence-corrected chi connectivity index (χ1v) is 6.70. The number of nitrogens with two attached hydrogens (primary N) is 1. The Balaban J connectivity index is 1.98. The molecule has 0 saturated heterocycles. The third-order valence-corrected chi connectivity index (χ3v) is 3.69. The number of thiazole rings is 1. The van der Waals surface area contributed by atoms with Crippen molar-refractivity contribution in [1.29, 1.82) is 0 Å². The highest BCUT2D eigenvalue weighted by molar-refractivity contribution is 8.00. The van der Waals surface area contributed by atoms with E-state index in [0.29, 0.717) is 11.1 Å². The van der Waals surface area contributed by atoms with Gasteiger partial charge in [-0.25, -0.2) is 15.8 Å². The molecule has 3 aromatic heterocycles. The van der Waals surface area contributed by atoms with Gasteiger partial charge in [-0.3, -0.25) is 5.43 Å². The van der Waals surface area contributed by atoms with Crippen molar-refractivity contribution in [2.24, 2.45) is 5.84 Å². The molecule has 0 amide bonds. The van der Waals surface area contributed by atoms with Crippen LogP contribution in [0.4, 0.5) is 5.95 Å². The van der Waals surface area contributed by atoms with Gasteiger partial charge in [0.05, 0.1) is 0 Å². The van der Waals surface area contributed by atoms with Gasteiger partial charge in [-0.2, -0.15) is 24.7 Å². The molecular weight excluding hydrogens is 286 g/mol. The van der Waals surface area contributed by atoms with Gasteiger partial charge in [-0.1, -0.05) is 0 Å². The molecule has 0 aliphatic rings. The van der Waals surface area contributed by atoms with Gasteiger partial charge in [0.2, 0.25) is 11.1 Å². The highest BCUT2D eigenvalue weighted by Gasteiger charge is 2.10. The van der Waals surface area contributed by atoms with Crippen LogP contribution in [0.3, 0.4) is 0 Å². The van der Waals surface area contributed by atoms with Crippen molar-refractivity contribution in [2.75, 3.05) is 5.43 Å². The third kappa shape index (κ3) is 2.67. The van der Waals surface area contributed by atoms with Crippen molar-refractivity contribution in [3.05, 3.63) is 24.2 Å². The van der Waals surface area contributed by atoms with Gasteiger partial charge in [0.25, 0.3) is 5.95 Å². The van der Waals surface area contributed by atoms with Crippen LogP contribution in [0.1, 0.15) is 0 Å². The van der Waals surface area contributed by atoms with Gasteiger partial charge in [-0.15, -0.1) is 11.3 Å². The molecule has 0 fully saturated rings. The summed E-state index contributed by atoms with van der Waals surface area (Å²) in [5, 5.41) is 6.32. The summed E-state index contributed by atoms with van der Waals surface area (Å²) < 4.78 is 2.26. The molecule has 9 nitrogen and oxygen atoms in total. The van der Waals surface area contributed by atoms with E-state index < -0.39 is 0 Å². The second-order valence-corrected chi connectivity index (χ2v) is 5.24. The van der Waals surface area contributed by atoms with Crippen LogP contribution < -0.4 is 11.3 Å². The Bertz CT molecular complexity index is 651. The first kappa shape index (κ1) is 12.0. The molecule has 0 spiro atoms. The summed E-state index contributed by atoms with van der Waals surface area (Å²) in [4.78, 5) is 20.5. The summed E-state index contributed by atoms with van der Waals surface area (Å²) in [6, 6.07) is 0. The molecule has 0 atom stereocenters. The summed E-state index contributed by atoms with van der Waals surface area (Å²) in [7, 11) is 0. The normalized spacial score (nSPS) is 10.6. The van der Waals surface area contributed by atoms with E-state index in [0.717, 1.165) is 4.34 Å². The largest absolute Gasteiger partial charge is 0.292 e. The standard InChI is InChI=1S/C8H7N9S2/c9-16-5-13-6(17-4-10-3-12-17)15-7(14-5)19-8-11-1-2-18-8/h1-4H,9H2,(H,13,14,15,16). The number of hydrazine groups is 1. The average Bonchev–Trinajstić information content (AvgIpc) is 3.11. The molecule has 19 heavy (non-hydrogen) atoms. The van der Waals surface area contributed by atoms with Crippen LogP contribution in [0.5, 0.6) is 0 Å². The maximum atomic E-state index is 5.34. The maximum Gasteiger partial charge on any atom is 0.257 e. The van der Waals surface area contributed by atoms with Gasteiger partial charge in [0.1, 0.15) is 12.7 Å². The summed E-state index contributed by atoms with van der Waals surface area (Å²) in [5.74, 6) is 5.93. The molecule has 0 aliphatic heterocycles. The fourth-order valence-corrected chi connectivity index (χ4v) is 2.68. The lowest BCUT2D eigenvalue weighted by Crippen LogP contribution is -2.14. The minimum atomic E-state index is 0.250. The Morgan fingerprint density at radius 2 is 2.26 bits per heavy atom. The monoisotopic (exact) mass is 293 g/mol. The summed E-state index contributed by atoms with van der Waals surface area (Å²) in [5.41, 5.74) is 2.40. The molecule has 3 N–H and O–H groups in total. The lowest BCUT2D eigenvalue weighted by atomic mass is 10.8. The lowest BCUT2D eigenvalue weighted by Gasteiger charge is -2.04. The Labute approximate surface area is 115 Å². The number of rotatable bonds is 4. The highest BCUT2D eigenvalue weighted by Crippen LogP contribution is 2.26. The van der Waals surface area contributed by atoms with Gasteiger partial charge in [-0.05, 0) is 11.8 Å². The molecule has 0 aliphatic carbocycles. The van der Waals surface area contributed by atoms with Crippen LogP contribution in [0.2, 0.25) is 0 Å². The molecule has 0 aromatic carbocycles. The zero-order chi connectivity index (χ0) is 13.1. The van der Waals surface area contributed by atoms with Crippen LogP contribution in [0.15, 0.2) is 33.7 Å². The first-order chi connectivity index (χ1) is 9.35. The van der Waals surface area contributed by atoms with Crippen molar-refractivity contribution in [1.82, 2.24) is 34.7 Å². The molecule has 11 heteroatoms. The van der Waals surface area contributed by atoms with Crippen molar-refractivity contribution in [2.45, 2.75) is 9.50 Å². The van der Waals surface area contributed by atoms with Crippen LogP contribution in [-0.2, 0) is 0 Å². The smallest absolute Gasteiger partial charge is 0.257 e. The number of nitrogen functional groups attached to an aromatic ring is 1. The minimum absolute atomic E-state index is 0.250.